The number of alkyl halides is 3. The molecule has 11 heteroatoms. The number of nitrogens with zero attached hydrogens (tertiary/aromatic N) is 2. The first-order valence-electron chi connectivity index (χ1n) is 10.8. The molecule has 4 rings (SSSR count). The quantitative estimate of drug-likeness (QED) is 0.278. The molecule has 1 aliphatic rings. The fourth-order valence-electron chi connectivity index (χ4n) is 3.41. The molecule has 1 saturated heterocycles. The van der Waals surface area contributed by atoms with Crippen molar-refractivity contribution in [3.8, 4) is 0 Å². The lowest BCUT2D eigenvalue weighted by atomic mass is 10.1. The van der Waals surface area contributed by atoms with Crippen LogP contribution in [0.2, 0.25) is 0 Å². The standard InChI is InChI=1S/C25H20F3N3O2S3/c1-15-5-7-16(8-6-15)13-20-22(33)31(24(34)36-20)10-9-21(32)30-23-29-14-19(35-23)12-17-3-2-4-18(11-17)25(26,27)28/h2-8,11,13-14H,9-10,12H2,1H3,(H,29,30,32)/b20-13+. The number of carbonyl (C=O) groups excluding carboxylic acids is 2. The third-order valence-electron chi connectivity index (χ3n) is 5.24. The molecule has 1 aromatic heterocycles. The third kappa shape index (κ3) is 6.59. The van der Waals surface area contributed by atoms with Crippen LogP contribution >= 0.6 is 35.3 Å². The number of rotatable bonds is 7. The first-order valence-corrected chi connectivity index (χ1v) is 12.9. The molecule has 36 heavy (non-hydrogen) atoms. The average Bonchev–Trinajstić information content (AvgIpc) is 3.36. The van der Waals surface area contributed by atoms with Gasteiger partial charge in [-0.2, -0.15) is 13.2 Å². The molecule has 2 heterocycles. The van der Waals surface area contributed by atoms with Crippen molar-refractivity contribution in [3.63, 3.8) is 0 Å². The fraction of sp³-hybridized carbons (Fsp3) is 0.200. The van der Waals surface area contributed by atoms with E-state index in [1.54, 1.807) is 12.1 Å². The van der Waals surface area contributed by atoms with Gasteiger partial charge >= 0.3 is 6.18 Å². The predicted octanol–water partition coefficient (Wildman–Crippen LogP) is 6.29. The van der Waals surface area contributed by atoms with Crippen LogP contribution < -0.4 is 5.32 Å². The van der Waals surface area contributed by atoms with Crippen LogP contribution in [0.3, 0.4) is 0 Å². The second-order valence-electron chi connectivity index (χ2n) is 8.05. The topological polar surface area (TPSA) is 62.3 Å². The first-order chi connectivity index (χ1) is 17.1. The third-order valence-corrected chi connectivity index (χ3v) is 7.53. The Labute approximate surface area is 219 Å². The number of thiazole rings is 1. The van der Waals surface area contributed by atoms with Crippen LogP contribution in [0.1, 0.15) is 33.6 Å². The molecule has 0 unspecified atom stereocenters. The maximum atomic E-state index is 12.9. The Morgan fingerprint density at radius 1 is 1.19 bits per heavy atom. The molecular formula is C25H20F3N3O2S3. The number of thioether (sulfide) groups is 1. The minimum Gasteiger partial charge on any atom is -0.302 e. The summed E-state index contributed by atoms with van der Waals surface area (Å²) in [6, 6.07) is 12.9. The Morgan fingerprint density at radius 2 is 1.94 bits per heavy atom. The fourth-order valence-corrected chi connectivity index (χ4v) is 5.58. The molecule has 0 radical (unpaired) electrons. The Balaban J connectivity index is 1.31. The molecule has 0 saturated carbocycles. The highest BCUT2D eigenvalue weighted by Crippen LogP contribution is 2.33. The number of anilines is 1. The molecule has 2 amide bonds. The van der Waals surface area contributed by atoms with E-state index in [1.165, 1.54) is 40.3 Å². The highest BCUT2D eigenvalue weighted by molar-refractivity contribution is 8.26. The van der Waals surface area contributed by atoms with E-state index >= 15 is 0 Å². The minimum absolute atomic E-state index is 0.0206. The van der Waals surface area contributed by atoms with Crippen molar-refractivity contribution in [2.75, 3.05) is 11.9 Å². The summed E-state index contributed by atoms with van der Waals surface area (Å²) in [5, 5.41) is 3.02. The summed E-state index contributed by atoms with van der Waals surface area (Å²) in [5.74, 6) is -0.581. The van der Waals surface area contributed by atoms with Crippen molar-refractivity contribution in [2.24, 2.45) is 0 Å². The number of hydrogen-bond acceptors (Lipinski definition) is 6. The van der Waals surface area contributed by atoms with Crippen LogP contribution in [0.15, 0.2) is 59.6 Å². The van der Waals surface area contributed by atoms with E-state index in [1.807, 2.05) is 31.2 Å². The van der Waals surface area contributed by atoms with Gasteiger partial charge in [-0.15, -0.1) is 11.3 Å². The molecular weight excluding hydrogens is 527 g/mol. The van der Waals surface area contributed by atoms with Gasteiger partial charge in [0.05, 0.1) is 10.5 Å². The second-order valence-corrected chi connectivity index (χ2v) is 10.8. The number of aryl methyl sites for hydroxylation is 1. The van der Waals surface area contributed by atoms with Crippen LogP contribution in [0.25, 0.3) is 6.08 Å². The zero-order valence-corrected chi connectivity index (χ0v) is 21.4. The van der Waals surface area contributed by atoms with E-state index < -0.39 is 11.7 Å². The lowest BCUT2D eigenvalue weighted by molar-refractivity contribution is -0.137. The Kier molecular flexibility index (Phi) is 7.91. The summed E-state index contributed by atoms with van der Waals surface area (Å²) in [7, 11) is 0. The molecule has 2 aromatic carbocycles. The molecule has 0 spiro atoms. The summed E-state index contributed by atoms with van der Waals surface area (Å²) in [5.41, 5.74) is 1.80. The van der Waals surface area contributed by atoms with Gasteiger partial charge in [-0.1, -0.05) is 72.0 Å². The van der Waals surface area contributed by atoms with Gasteiger partial charge in [-0.05, 0) is 30.2 Å². The zero-order chi connectivity index (χ0) is 25.9. The molecule has 0 aliphatic carbocycles. The monoisotopic (exact) mass is 547 g/mol. The van der Waals surface area contributed by atoms with Crippen molar-refractivity contribution in [1.82, 2.24) is 9.88 Å². The van der Waals surface area contributed by atoms with E-state index in [0.29, 0.717) is 24.8 Å². The molecule has 5 nitrogen and oxygen atoms in total. The average molecular weight is 548 g/mol. The number of benzene rings is 2. The minimum atomic E-state index is -4.41. The summed E-state index contributed by atoms with van der Waals surface area (Å²) >= 11 is 7.71. The predicted molar refractivity (Wildman–Crippen MR) is 141 cm³/mol. The SMILES string of the molecule is Cc1ccc(/C=C2/SC(=S)N(CCC(=O)Nc3ncc(Cc4cccc(C(F)(F)F)c4)s3)C2=O)cc1. The molecule has 1 aliphatic heterocycles. The number of hydrogen-bond donors (Lipinski definition) is 1. The van der Waals surface area contributed by atoms with E-state index in [-0.39, 0.29) is 31.2 Å². The van der Waals surface area contributed by atoms with E-state index in [2.05, 4.69) is 10.3 Å². The van der Waals surface area contributed by atoms with Gasteiger partial charge in [-0.3, -0.25) is 14.5 Å². The number of halogens is 3. The van der Waals surface area contributed by atoms with Gasteiger partial charge in [0.25, 0.3) is 5.91 Å². The summed E-state index contributed by atoms with van der Waals surface area (Å²) in [4.78, 5) is 32.0. The summed E-state index contributed by atoms with van der Waals surface area (Å²) in [6.45, 7) is 2.11. The number of nitrogens with one attached hydrogen (secondary N) is 1. The Morgan fingerprint density at radius 3 is 2.67 bits per heavy atom. The number of carbonyl (C=O) groups is 2. The smallest absolute Gasteiger partial charge is 0.302 e. The van der Waals surface area contributed by atoms with Gasteiger partial charge in [0.15, 0.2) is 5.13 Å². The number of aromatic nitrogens is 1. The van der Waals surface area contributed by atoms with E-state index in [9.17, 15) is 22.8 Å². The van der Waals surface area contributed by atoms with Gasteiger partial charge < -0.3 is 5.32 Å². The first kappa shape index (κ1) is 26.1. The zero-order valence-electron chi connectivity index (χ0n) is 19.0. The maximum absolute atomic E-state index is 12.9. The summed E-state index contributed by atoms with van der Waals surface area (Å²) < 4.78 is 39.2. The van der Waals surface area contributed by atoms with Gasteiger partial charge in [0, 0.05) is 30.5 Å². The number of thiocarbonyl (C=S) groups is 1. The second kappa shape index (κ2) is 10.9. The lowest BCUT2D eigenvalue weighted by Crippen LogP contribution is -2.31. The Bertz CT molecular complexity index is 1330. The van der Waals surface area contributed by atoms with Crippen LogP contribution in [-0.4, -0.2) is 32.6 Å². The van der Waals surface area contributed by atoms with E-state index in [0.717, 1.165) is 23.3 Å². The molecule has 1 N–H and O–H groups in total. The highest BCUT2D eigenvalue weighted by atomic mass is 32.2. The van der Waals surface area contributed by atoms with Crippen LogP contribution in [0, 0.1) is 6.92 Å². The van der Waals surface area contributed by atoms with Crippen molar-refractivity contribution in [3.05, 3.63) is 86.8 Å². The van der Waals surface area contributed by atoms with Crippen molar-refractivity contribution in [1.29, 1.82) is 0 Å². The lowest BCUT2D eigenvalue weighted by Gasteiger charge is -2.13. The van der Waals surface area contributed by atoms with Crippen LogP contribution in [0.4, 0.5) is 18.3 Å². The normalized spacial score (nSPS) is 15.1. The van der Waals surface area contributed by atoms with Gasteiger partial charge in [0.1, 0.15) is 4.32 Å². The molecule has 0 bridgehead atoms. The molecule has 3 aromatic rings. The number of amides is 2. The largest absolute Gasteiger partial charge is 0.416 e. The van der Waals surface area contributed by atoms with Crippen molar-refractivity contribution in [2.45, 2.75) is 25.9 Å². The molecule has 186 valence electrons. The highest BCUT2D eigenvalue weighted by Gasteiger charge is 2.32. The molecule has 0 atom stereocenters. The van der Waals surface area contributed by atoms with Gasteiger partial charge in [-0.25, -0.2) is 4.98 Å². The van der Waals surface area contributed by atoms with Gasteiger partial charge in [0.2, 0.25) is 5.91 Å². The van der Waals surface area contributed by atoms with Crippen molar-refractivity contribution < 1.29 is 22.8 Å². The van der Waals surface area contributed by atoms with Crippen molar-refractivity contribution >= 4 is 62.7 Å². The maximum Gasteiger partial charge on any atom is 0.416 e. The van der Waals surface area contributed by atoms with E-state index in [4.69, 9.17) is 12.2 Å². The molecule has 1 fully saturated rings. The van der Waals surface area contributed by atoms with Crippen LogP contribution in [-0.2, 0) is 22.2 Å². The summed E-state index contributed by atoms with van der Waals surface area (Å²) in [6.07, 6.45) is -0.815. The van der Waals surface area contributed by atoms with Crippen LogP contribution in [0.5, 0.6) is 0 Å². The Hall–Kier alpha value is -3.02.